The third-order valence-corrected chi connectivity index (χ3v) is 27.9. The summed E-state index contributed by atoms with van der Waals surface area (Å²) in [4.78, 5) is 14.5. The van der Waals surface area contributed by atoms with Crippen molar-refractivity contribution < 1.29 is 4.42 Å². The number of para-hydroxylation sites is 4. The van der Waals surface area contributed by atoms with Crippen molar-refractivity contribution in [3.8, 4) is 78.9 Å². The van der Waals surface area contributed by atoms with Crippen molar-refractivity contribution in [3.05, 3.63) is 476 Å². The molecule has 0 radical (unpaired) electrons. The first kappa shape index (κ1) is 83.2. The molecule has 0 bridgehead atoms. The monoisotopic (exact) mass is 1750 g/mol. The van der Waals surface area contributed by atoms with E-state index in [4.69, 9.17) is 19.4 Å². The van der Waals surface area contributed by atoms with Gasteiger partial charge in [0, 0.05) is 121 Å². The van der Waals surface area contributed by atoms with Crippen molar-refractivity contribution in [2.24, 2.45) is 0 Å². The van der Waals surface area contributed by atoms with Crippen LogP contribution in [0, 0.1) is 41.5 Å². The minimum absolute atomic E-state index is 0.681. The van der Waals surface area contributed by atoms with Crippen LogP contribution in [-0.4, -0.2) is 24.1 Å². The van der Waals surface area contributed by atoms with Gasteiger partial charge in [0.2, 0.25) is 0 Å². The largest absolute Gasteiger partial charge is 0.456 e. The van der Waals surface area contributed by atoms with Crippen LogP contribution in [0.1, 0.15) is 33.4 Å². The molecular formula is C123H91N5OS3. The second-order valence-electron chi connectivity index (χ2n) is 33.8. The molecule has 0 saturated carbocycles. The Morgan fingerprint density at radius 3 is 0.970 bits per heavy atom. The van der Waals surface area contributed by atoms with E-state index in [2.05, 4.69) is 427 Å². The van der Waals surface area contributed by atoms with Gasteiger partial charge in [-0.2, -0.15) is 0 Å². The zero-order chi connectivity index (χ0) is 89.1. The predicted molar refractivity (Wildman–Crippen MR) is 568 cm³/mol. The van der Waals surface area contributed by atoms with Gasteiger partial charge in [-0.05, 0) is 237 Å². The third kappa shape index (κ3) is 17.2. The van der Waals surface area contributed by atoms with E-state index in [-0.39, 0.29) is 0 Å². The molecule has 0 amide bonds. The minimum atomic E-state index is 0.681. The van der Waals surface area contributed by atoms with Crippen molar-refractivity contribution in [1.82, 2.24) is 24.1 Å². The number of hydrogen-bond donors (Lipinski definition) is 0. The fourth-order valence-electron chi connectivity index (χ4n) is 17.9. The first-order chi connectivity index (χ1) is 64.9. The first-order valence-electron chi connectivity index (χ1n) is 44.7. The number of aryl methyl sites for hydroxylation is 6. The Balaban J connectivity index is 0.0000000965. The Bertz CT molecular complexity index is 8470. The van der Waals surface area contributed by atoms with Gasteiger partial charge in [0.15, 0.2) is 17.5 Å². The van der Waals surface area contributed by atoms with Gasteiger partial charge in [-0.15, -0.1) is 34.0 Å². The van der Waals surface area contributed by atoms with Crippen LogP contribution in [0.2, 0.25) is 0 Å². The topological polar surface area (TPSA) is 61.7 Å². The summed E-state index contributed by atoms with van der Waals surface area (Å²) in [5.74, 6) is 2.05. The van der Waals surface area contributed by atoms with E-state index in [0.29, 0.717) is 17.5 Å². The number of benzene rings is 19. The van der Waals surface area contributed by atoms with Gasteiger partial charge < -0.3 is 13.6 Å². The van der Waals surface area contributed by atoms with Crippen molar-refractivity contribution in [3.63, 3.8) is 0 Å². The van der Waals surface area contributed by atoms with Gasteiger partial charge in [0.05, 0.1) is 22.1 Å². The minimum Gasteiger partial charge on any atom is -0.456 e. The van der Waals surface area contributed by atoms with E-state index < -0.39 is 0 Å². The molecule has 0 aliphatic carbocycles. The normalized spacial score (nSPS) is 11.3. The lowest BCUT2D eigenvalue weighted by molar-refractivity contribution is 0.668. The molecule has 26 aromatic rings. The van der Waals surface area contributed by atoms with Gasteiger partial charge >= 0.3 is 0 Å². The summed E-state index contributed by atoms with van der Waals surface area (Å²) in [6, 6.07) is 156. The molecule has 0 aliphatic heterocycles. The summed E-state index contributed by atoms with van der Waals surface area (Å²) in [5.41, 5.74) is 27.7. The lowest BCUT2D eigenvalue weighted by Crippen LogP contribution is -2.00. The molecule has 0 fully saturated rings. The fourth-order valence-corrected chi connectivity index (χ4v) is 21.3. The first-order valence-corrected chi connectivity index (χ1v) is 47.2. The van der Waals surface area contributed by atoms with E-state index in [1.165, 1.54) is 193 Å². The van der Waals surface area contributed by atoms with Crippen LogP contribution in [0.25, 0.3) is 205 Å². The standard InChI is InChI=1S/C28H19N3S.2C19H15N.C19H14O.2C19H14S/c1-18-12-14-24-22(16-18)23-17-21(13-15-25(23)32-24)28-30-26(19-8-4-2-5-9-19)29-27(31-28)20-10-6-3-7-11-20;1-14-11-12-19-17(13-14)16-9-5-6-10-18(16)20(19)15-7-3-2-4-8-15;1-14-11-12-17-16-9-5-6-10-18(16)20(19(17)13-14)15-7-3-2-4-8-15;1-13-7-9-16-17-12-15(14-5-3-2-4-6-14)8-10-18(17)20-19(16)11-13;1-13-7-9-18-16(11-13)17-12-15(8-10-19(17)20-18)14-5-3-2-4-6-14;1-13-7-9-16-17-12-15(14-5-3-2-4-6-14)8-10-18(17)20-19(16)11-13/h2-17H,1H3;2*2-13H,1H3;3*2-12H,1H3. The lowest BCUT2D eigenvalue weighted by atomic mass is 10.0. The van der Waals surface area contributed by atoms with Crippen molar-refractivity contribution in [2.45, 2.75) is 41.5 Å². The Labute approximate surface area is 779 Å². The summed E-state index contributed by atoms with van der Waals surface area (Å²) in [7, 11) is 0. The molecule has 7 aromatic heterocycles. The quantitative estimate of drug-likeness (QED) is 0.152. The van der Waals surface area contributed by atoms with Crippen LogP contribution in [0.15, 0.2) is 447 Å². The average molecular weight is 1750 g/mol. The van der Waals surface area contributed by atoms with Gasteiger partial charge in [-0.3, -0.25) is 0 Å². The molecule has 9 heteroatoms. The molecule has 6 nitrogen and oxygen atoms in total. The van der Waals surface area contributed by atoms with Crippen molar-refractivity contribution in [2.75, 3.05) is 0 Å². The molecule has 0 atom stereocenters. The molecule has 0 aliphatic rings. The van der Waals surface area contributed by atoms with Crippen LogP contribution in [0.3, 0.4) is 0 Å². The molecular weight excluding hydrogens is 1660 g/mol. The van der Waals surface area contributed by atoms with E-state index in [1.807, 2.05) is 101 Å². The van der Waals surface area contributed by atoms with Gasteiger partial charge in [0.1, 0.15) is 11.2 Å². The molecule has 0 spiro atoms. The van der Waals surface area contributed by atoms with Gasteiger partial charge in [-0.25, -0.2) is 15.0 Å². The number of furan rings is 1. The molecule has 0 N–H and O–H groups in total. The smallest absolute Gasteiger partial charge is 0.164 e. The van der Waals surface area contributed by atoms with E-state index in [1.54, 1.807) is 0 Å². The third-order valence-electron chi connectivity index (χ3n) is 24.5. The maximum atomic E-state index is 5.92. The Morgan fingerprint density at radius 2 is 0.477 bits per heavy atom. The molecule has 132 heavy (non-hydrogen) atoms. The summed E-state index contributed by atoms with van der Waals surface area (Å²) in [5, 5.41) is 15.6. The predicted octanol–water partition coefficient (Wildman–Crippen LogP) is 35.4. The number of fused-ring (bicyclic) bond motifs is 18. The van der Waals surface area contributed by atoms with E-state index >= 15 is 0 Å². The summed E-state index contributed by atoms with van der Waals surface area (Å²) in [6.45, 7) is 12.8. The van der Waals surface area contributed by atoms with Crippen molar-refractivity contribution >= 4 is 160 Å². The zero-order valence-corrected chi connectivity index (χ0v) is 76.5. The number of aromatic nitrogens is 5. The van der Waals surface area contributed by atoms with Crippen LogP contribution >= 0.6 is 34.0 Å². The molecule has 0 saturated heterocycles. The van der Waals surface area contributed by atoms with Crippen LogP contribution in [-0.2, 0) is 0 Å². The summed E-state index contributed by atoms with van der Waals surface area (Å²) in [6.07, 6.45) is 0. The number of thiophene rings is 3. The molecule has 7 heterocycles. The Morgan fingerprint density at radius 1 is 0.174 bits per heavy atom. The molecule has 0 unspecified atom stereocenters. The molecule has 26 rings (SSSR count). The van der Waals surface area contributed by atoms with E-state index in [9.17, 15) is 0 Å². The number of rotatable bonds is 8. The number of hydrogen-bond acceptors (Lipinski definition) is 7. The second-order valence-corrected chi connectivity index (χ2v) is 37.1. The Kier molecular flexibility index (Phi) is 23.2. The lowest BCUT2D eigenvalue weighted by Gasteiger charge is -2.08. The highest BCUT2D eigenvalue weighted by atomic mass is 32.1. The van der Waals surface area contributed by atoms with Gasteiger partial charge in [0.25, 0.3) is 0 Å². The zero-order valence-electron chi connectivity index (χ0n) is 74.0. The van der Waals surface area contributed by atoms with E-state index in [0.717, 1.165) is 27.9 Å². The average Bonchev–Trinajstić information content (AvgIpc) is 1.59. The number of nitrogens with zero attached hydrogens (tertiary/aromatic N) is 5. The van der Waals surface area contributed by atoms with Crippen molar-refractivity contribution in [1.29, 1.82) is 0 Å². The SMILES string of the molecule is Cc1ccc2c(c1)c1ccccc1n2-c1ccccc1.Cc1ccc2c(c1)oc1ccc(-c3ccccc3)cc12.Cc1ccc2c(c1)sc1ccc(-c3ccccc3)cc12.Cc1ccc2c3ccccc3n(-c3ccccc3)c2c1.Cc1ccc2sc3ccc(-c4ccccc4)cc3c2c1.Cc1ccc2sc3ccc(-c4nc(-c5ccccc5)nc(-c5ccccc5)n4)cc3c2c1. The summed E-state index contributed by atoms with van der Waals surface area (Å²) >= 11 is 5.58. The highest BCUT2D eigenvalue weighted by Gasteiger charge is 2.19. The van der Waals surface area contributed by atoms with Crippen LogP contribution < -0.4 is 0 Å². The van der Waals surface area contributed by atoms with Crippen LogP contribution in [0.5, 0.6) is 0 Å². The molecule has 632 valence electrons. The summed E-state index contributed by atoms with van der Waals surface area (Å²) < 4.78 is 18.7. The molecule has 19 aromatic carbocycles. The van der Waals surface area contributed by atoms with Crippen LogP contribution in [0.4, 0.5) is 0 Å². The second kappa shape index (κ2) is 36.8. The maximum absolute atomic E-state index is 5.92. The fraction of sp³-hybridized carbons (Fsp3) is 0.0488. The highest BCUT2D eigenvalue weighted by molar-refractivity contribution is 7.26. The maximum Gasteiger partial charge on any atom is 0.164 e. The van der Waals surface area contributed by atoms with Gasteiger partial charge in [-0.1, -0.05) is 314 Å². The Hall–Kier alpha value is -15.8. The highest BCUT2D eigenvalue weighted by Crippen LogP contribution is 2.43.